The summed E-state index contributed by atoms with van der Waals surface area (Å²) in [6.45, 7) is 3.11. The zero-order valence-corrected chi connectivity index (χ0v) is 15.7. The number of amides is 1. The maximum Gasteiger partial charge on any atom is 0.277 e. The predicted octanol–water partition coefficient (Wildman–Crippen LogP) is 1.18. The Labute approximate surface area is 155 Å². The summed E-state index contributed by atoms with van der Waals surface area (Å²) < 4.78 is 44.8. The number of benzene rings is 1. The molecule has 1 aromatic heterocycles. The Kier molecular flexibility index (Phi) is 4.42. The molecule has 11 heteroatoms. The Bertz CT molecular complexity index is 1050. The summed E-state index contributed by atoms with van der Waals surface area (Å²) in [5.41, 5.74) is 4.57. The normalized spacial score (nSPS) is 21.6. The second-order valence-electron chi connectivity index (χ2n) is 6.44. The summed E-state index contributed by atoms with van der Waals surface area (Å²) in [6.07, 6.45) is 0. The number of nitrogens with zero attached hydrogens (tertiary/aromatic N) is 3. The minimum atomic E-state index is -3.76. The van der Waals surface area contributed by atoms with Gasteiger partial charge in [-0.2, -0.15) is 0 Å². The van der Waals surface area contributed by atoms with E-state index < -0.39 is 33.0 Å². The van der Waals surface area contributed by atoms with Gasteiger partial charge in [0, 0.05) is 24.4 Å². The first-order valence-corrected chi connectivity index (χ1v) is 9.49. The molecule has 2 aromatic rings. The van der Waals surface area contributed by atoms with E-state index in [0.717, 1.165) is 10.4 Å². The van der Waals surface area contributed by atoms with Gasteiger partial charge >= 0.3 is 0 Å². The van der Waals surface area contributed by atoms with E-state index in [-0.39, 0.29) is 22.9 Å². The Morgan fingerprint density at radius 2 is 2.11 bits per heavy atom. The van der Waals surface area contributed by atoms with Crippen molar-refractivity contribution in [1.82, 2.24) is 9.46 Å². The summed E-state index contributed by atoms with van der Waals surface area (Å²) in [7, 11) is -2.48. The molecule has 9 nitrogen and oxygen atoms in total. The van der Waals surface area contributed by atoms with Crippen LogP contribution in [-0.4, -0.2) is 42.5 Å². The molecule has 0 spiro atoms. The molecule has 3 rings (SSSR count). The molecule has 0 unspecified atom stereocenters. The van der Waals surface area contributed by atoms with Crippen LogP contribution >= 0.6 is 0 Å². The van der Waals surface area contributed by atoms with Gasteiger partial charge in [0.15, 0.2) is 5.69 Å². The SMILES string of the molecule is Cc1cc(C(=O)Nc2ccc(F)c([C@]3(C)CS(=O)(=O)N(C)C(N)=N3)c2)no1. The van der Waals surface area contributed by atoms with Gasteiger partial charge in [-0.1, -0.05) is 5.16 Å². The molecule has 27 heavy (non-hydrogen) atoms. The highest BCUT2D eigenvalue weighted by Crippen LogP contribution is 2.34. The van der Waals surface area contributed by atoms with Crippen LogP contribution in [0.25, 0.3) is 0 Å². The average Bonchev–Trinajstić information content (AvgIpc) is 3.00. The molecule has 1 atom stereocenters. The van der Waals surface area contributed by atoms with Crippen LogP contribution in [0.2, 0.25) is 0 Å². The molecule has 0 aliphatic carbocycles. The van der Waals surface area contributed by atoms with Gasteiger partial charge in [0.2, 0.25) is 16.0 Å². The molecule has 0 radical (unpaired) electrons. The van der Waals surface area contributed by atoms with E-state index in [1.54, 1.807) is 6.92 Å². The van der Waals surface area contributed by atoms with Gasteiger partial charge in [0.1, 0.15) is 17.1 Å². The van der Waals surface area contributed by atoms with Crippen LogP contribution in [-0.2, 0) is 15.6 Å². The number of anilines is 1. The first-order chi connectivity index (χ1) is 12.5. The van der Waals surface area contributed by atoms with Gasteiger partial charge in [-0.05, 0) is 32.0 Å². The summed E-state index contributed by atoms with van der Waals surface area (Å²) in [5, 5.41) is 6.18. The van der Waals surface area contributed by atoms with Gasteiger partial charge in [0.25, 0.3) is 5.91 Å². The van der Waals surface area contributed by atoms with Gasteiger partial charge in [-0.15, -0.1) is 0 Å². The van der Waals surface area contributed by atoms with Gasteiger partial charge in [0.05, 0.1) is 5.75 Å². The highest BCUT2D eigenvalue weighted by Gasteiger charge is 2.41. The maximum absolute atomic E-state index is 14.5. The second kappa shape index (κ2) is 6.34. The molecule has 3 N–H and O–H groups in total. The monoisotopic (exact) mass is 395 g/mol. The smallest absolute Gasteiger partial charge is 0.277 e. The summed E-state index contributed by atoms with van der Waals surface area (Å²) in [4.78, 5) is 16.4. The lowest BCUT2D eigenvalue weighted by Gasteiger charge is -2.34. The molecule has 144 valence electrons. The third-order valence-corrected chi connectivity index (χ3v) is 6.18. The van der Waals surface area contributed by atoms with Crippen molar-refractivity contribution in [3.63, 3.8) is 0 Å². The third kappa shape index (κ3) is 3.50. The summed E-state index contributed by atoms with van der Waals surface area (Å²) in [6, 6.07) is 5.26. The Hall–Kier alpha value is -2.95. The van der Waals surface area contributed by atoms with Crippen molar-refractivity contribution in [2.24, 2.45) is 10.7 Å². The lowest BCUT2D eigenvalue weighted by atomic mass is 9.93. The van der Waals surface area contributed by atoms with E-state index in [1.807, 2.05) is 0 Å². The zero-order valence-electron chi connectivity index (χ0n) is 14.9. The molecule has 2 heterocycles. The van der Waals surface area contributed by atoms with Gasteiger partial charge < -0.3 is 15.6 Å². The number of aryl methyl sites for hydroxylation is 1. The number of guanidine groups is 1. The molecular weight excluding hydrogens is 377 g/mol. The van der Waals surface area contributed by atoms with Crippen molar-refractivity contribution in [1.29, 1.82) is 0 Å². The number of nitrogens with two attached hydrogens (primary N) is 1. The molecule has 0 saturated heterocycles. The Morgan fingerprint density at radius 3 is 2.70 bits per heavy atom. The molecule has 0 saturated carbocycles. The number of halogens is 1. The number of carbonyl (C=O) groups excluding carboxylic acids is 1. The number of aromatic nitrogens is 1. The van der Waals surface area contributed by atoms with Crippen molar-refractivity contribution >= 4 is 27.6 Å². The van der Waals surface area contributed by atoms with Crippen LogP contribution in [0.4, 0.5) is 10.1 Å². The van der Waals surface area contributed by atoms with Crippen molar-refractivity contribution in [3.05, 3.63) is 47.1 Å². The fraction of sp³-hybridized carbons (Fsp3) is 0.312. The van der Waals surface area contributed by atoms with Gasteiger partial charge in [-0.25, -0.2) is 22.1 Å². The molecule has 0 fully saturated rings. The van der Waals surface area contributed by atoms with E-state index in [9.17, 15) is 17.6 Å². The van der Waals surface area contributed by atoms with Crippen molar-refractivity contribution in [2.45, 2.75) is 19.4 Å². The topological polar surface area (TPSA) is 131 Å². The van der Waals surface area contributed by atoms with E-state index in [4.69, 9.17) is 10.3 Å². The van der Waals surface area contributed by atoms with Crippen molar-refractivity contribution in [3.8, 4) is 0 Å². The zero-order chi connectivity index (χ0) is 20.0. The number of aliphatic imine (C=N–C) groups is 1. The number of sulfonamides is 1. The fourth-order valence-corrected chi connectivity index (χ4v) is 4.22. The number of hydrogen-bond acceptors (Lipinski definition) is 7. The first kappa shape index (κ1) is 18.8. The van der Waals surface area contributed by atoms with Crippen LogP contribution in [0.5, 0.6) is 0 Å². The Balaban J connectivity index is 1.97. The number of carbonyl (C=O) groups is 1. The second-order valence-corrected chi connectivity index (χ2v) is 8.44. The summed E-state index contributed by atoms with van der Waals surface area (Å²) >= 11 is 0. The minimum Gasteiger partial charge on any atom is -0.369 e. The van der Waals surface area contributed by atoms with E-state index in [2.05, 4.69) is 15.5 Å². The van der Waals surface area contributed by atoms with E-state index in [0.29, 0.717) is 5.76 Å². The molecule has 1 aromatic carbocycles. The molecule has 1 amide bonds. The highest BCUT2D eigenvalue weighted by molar-refractivity contribution is 7.89. The predicted molar refractivity (Wildman–Crippen MR) is 96.1 cm³/mol. The molecular formula is C16H18FN5O4S. The first-order valence-electron chi connectivity index (χ1n) is 7.88. The summed E-state index contributed by atoms with van der Waals surface area (Å²) in [5.74, 6) is -1.45. The number of nitrogens with one attached hydrogen (secondary N) is 1. The van der Waals surface area contributed by atoms with E-state index in [1.165, 1.54) is 32.2 Å². The molecule has 0 bridgehead atoms. The fourth-order valence-electron chi connectivity index (χ4n) is 2.77. The van der Waals surface area contributed by atoms with Crippen LogP contribution in [0.3, 0.4) is 0 Å². The largest absolute Gasteiger partial charge is 0.369 e. The van der Waals surface area contributed by atoms with E-state index >= 15 is 0 Å². The highest BCUT2D eigenvalue weighted by atomic mass is 32.2. The lowest BCUT2D eigenvalue weighted by Crippen LogP contribution is -2.50. The van der Waals surface area contributed by atoms with Gasteiger partial charge in [-0.3, -0.25) is 4.79 Å². The minimum absolute atomic E-state index is 0.00346. The molecule has 1 aliphatic heterocycles. The Morgan fingerprint density at radius 1 is 1.41 bits per heavy atom. The van der Waals surface area contributed by atoms with Crippen molar-refractivity contribution in [2.75, 3.05) is 18.1 Å². The van der Waals surface area contributed by atoms with Crippen molar-refractivity contribution < 1.29 is 22.1 Å². The lowest BCUT2D eigenvalue weighted by molar-refractivity contribution is 0.101. The van der Waals surface area contributed by atoms with Crippen LogP contribution < -0.4 is 11.1 Å². The van der Waals surface area contributed by atoms with Crippen LogP contribution in [0.1, 0.15) is 28.7 Å². The number of hydrogen-bond donors (Lipinski definition) is 2. The third-order valence-electron chi connectivity index (χ3n) is 4.23. The maximum atomic E-state index is 14.5. The average molecular weight is 395 g/mol. The molecule has 1 aliphatic rings. The van der Waals surface area contributed by atoms with Crippen LogP contribution in [0, 0.1) is 12.7 Å². The number of rotatable bonds is 3. The quantitative estimate of drug-likeness (QED) is 0.802. The standard InChI is InChI=1S/C16H18FN5O4S/c1-9-6-13(21-26-9)14(23)19-10-4-5-12(17)11(7-10)16(2)8-27(24,25)22(3)15(18)20-16/h4-7H,8H2,1-3H3,(H2,18,20)(H,19,23)/t16-/m0/s1. The van der Waals surface area contributed by atoms with Crippen LogP contribution in [0.15, 0.2) is 33.8 Å².